The van der Waals surface area contributed by atoms with Crippen LogP contribution < -0.4 is 5.73 Å². The molecule has 0 saturated carbocycles. The van der Waals surface area contributed by atoms with Gasteiger partial charge in [0.25, 0.3) is 0 Å². The van der Waals surface area contributed by atoms with Gasteiger partial charge in [-0.3, -0.25) is 0 Å². The SMILES string of the molecule is CC1OC(C)C(c2cnc(CCN)o2)C1C. The number of rotatable bonds is 3. The Morgan fingerprint density at radius 1 is 1.31 bits per heavy atom. The number of nitrogens with zero attached hydrogens (tertiary/aromatic N) is 1. The Kier molecular flexibility index (Phi) is 3.30. The summed E-state index contributed by atoms with van der Waals surface area (Å²) < 4.78 is 11.5. The van der Waals surface area contributed by atoms with Gasteiger partial charge in [-0.15, -0.1) is 0 Å². The third kappa shape index (κ3) is 1.99. The van der Waals surface area contributed by atoms with E-state index >= 15 is 0 Å². The minimum absolute atomic E-state index is 0.198. The molecule has 2 heterocycles. The Morgan fingerprint density at radius 3 is 2.62 bits per heavy atom. The molecule has 1 aliphatic heterocycles. The molecule has 0 spiro atoms. The highest BCUT2D eigenvalue weighted by atomic mass is 16.5. The molecule has 4 nitrogen and oxygen atoms in total. The van der Waals surface area contributed by atoms with Gasteiger partial charge in [0.1, 0.15) is 5.76 Å². The summed E-state index contributed by atoms with van der Waals surface area (Å²) in [5.74, 6) is 2.45. The molecule has 1 aromatic rings. The van der Waals surface area contributed by atoms with Crippen LogP contribution in [0.15, 0.2) is 10.6 Å². The lowest BCUT2D eigenvalue weighted by Gasteiger charge is -2.14. The summed E-state index contributed by atoms with van der Waals surface area (Å²) >= 11 is 0. The lowest BCUT2D eigenvalue weighted by Crippen LogP contribution is -2.14. The Hall–Kier alpha value is -0.870. The average Bonchev–Trinajstić information content (AvgIpc) is 2.75. The van der Waals surface area contributed by atoms with Crippen LogP contribution in [0, 0.1) is 5.92 Å². The van der Waals surface area contributed by atoms with Crippen LogP contribution in [0.5, 0.6) is 0 Å². The molecule has 1 fully saturated rings. The Labute approximate surface area is 96.2 Å². The molecule has 0 amide bonds. The molecule has 4 atom stereocenters. The van der Waals surface area contributed by atoms with Gasteiger partial charge in [0, 0.05) is 18.9 Å². The van der Waals surface area contributed by atoms with E-state index in [9.17, 15) is 0 Å². The summed E-state index contributed by atoms with van der Waals surface area (Å²) in [6.45, 7) is 6.97. The molecular formula is C12H20N2O2. The van der Waals surface area contributed by atoms with E-state index in [4.69, 9.17) is 14.9 Å². The van der Waals surface area contributed by atoms with E-state index < -0.39 is 0 Å². The largest absolute Gasteiger partial charge is 0.445 e. The van der Waals surface area contributed by atoms with Crippen molar-refractivity contribution in [2.75, 3.05) is 6.54 Å². The standard InChI is InChI=1S/C12H20N2O2/c1-7-8(2)15-9(3)12(7)10-6-14-11(16-10)4-5-13/h6-9,12H,4-5,13H2,1-3H3. The van der Waals surface area contributed by atoms with Crippen LogP contribution in [0.25, 0.3) is 0 Å². The normalized spacial score (nSPS) is 34.5. The number of oxazole rings is 1. The van der Waals surface area contributed by atoms with Crippen molar-refractivity contribution in [2.24, 2.45) is 11.7 Å². The third-order valence-electron chi connectivity index (χ3n) is 3.50. The summed E-state index contributed by atoms with van der Waals surface area (Å²) in [7, 11) is 0. The van der Waals surface area contributed by atoms with Gasteiger partial charge in [-0.25, -0.2) is 4.98 Å². The highest BCUT2D eigenvalue weighted by molar-refractivity contribution is 5.09. The molecule has 4 unspecified atom stereocenters. The summed E-state index contributed by atoms with van der Waals surface area (Å²) in [6, 6.07) is 0. The van der Waals surface area contributed by atoms with E-state index in [1.165, 1.54) is 0 Å². The van der Waals surface area contributed by atoms with Crippen LogP contribution in [-0.4, -0.2) is 23.7 Å². The highest BCUT2D eigenvalue weighted by Crippen LogP contribution is 2.39. The summed E-state index contributed by atoms with van der Waals surface area (Å²) in [6.07, 6.45) is 3.00. The molecular weight excluding hydrogens is 204 g/mol. The van der Waals surface area contributed by atoms with Crippen molar-refractivity contribution < 1.29 is 9.15 Å². The fraction of sp³-hybridized carbons (Fsp3) is 0.750. The van der Waals surface area contributed by atoms with E-state index in [-0.39, 0.29) is 12.2 Å². The molecule has 1 aromatic heterocycles. The zero-order valence-corrected chi connectivity index (χ0v) is 10.1. The monoisotopic (exact) mass is 224 g/mol. The molecule has 1 aliphatic rings. The molecule has 0 aromatic carbocycles. The number of hydrogen-bond donors (Lipinski definition) is 1. The molecule has 2 rings (SSSR count). The second-order valence-electron chi connectivity index (χ2n) is 4.63. The zero-order valence-electron chi connectivity index (χ0n) is 10.1. The van der Waals surface area contributed by atoms with Crippen LogP contribution in [-0.2, 0) is 11.2 Å². The fourth-order valence-electron chi connectivity index (χ4n) is 2.47. The number of aromatic nitrogens is 1. The second-order valence-corrected chi connectivity index (χ2v) is 4.63. The van der Waals surface area contributed by atoms with Gasteiger partial charge < -0.3 is 14.9 Å². The average molecular weight is 224 g/mol. The van der Waals surface area contributed by atoms with Crippen molar-refractivity contribution in [1.82, 2.24) is 4.98 Å². The first-order valence-electron chi connectivity index (χ1n) is 5.93. The van der Waals surface area contributed by atoms with Crippen molar-refractivity contribution in [1.29, 1.82) is 0 Å². The van der Waals surface area contributed by atoms with Crippen LogP contribution >= 0.6 is 0 Å². The highest BCUT2D eigenvalue weighted by Gasteiger charge is 2.39. The maximum absolute atomic E-state index is 5.80. The van der Waals surface area contributed by atoms with Gasteiger partial charge in [0.2, 0.25) is 0 Å². The molecule has 90 valence electrons. The first kappa shape index (κ1) is 11.6. The van der Waals surface area contributed by atoms with Crippen molar-refractivity contribution in [3.63, 3.8) is 0 Å². The second kappa shape index (κ2) is 4.55. The Balaban J connectivity index is 2.16. The Bertz CT molecular complexity index is 351. The topological polar surface area (TPSA) is 61.3 Å². The molecule has 2 N–H and O–H groups in total. The maximum atomic E-state index is 5.80. The van der Waals surface area contributed by atoms with Crippen molar-refractivity contribution in [3.8, 4) is 0 Å². The smallest absolute Gasteiger partial charge is 0.195 e. The lowest BCUT2D eigenvalue weighted by molar-refractivity contribution is 0.0547. The summed E-state index contributed by atoms with van der Waals surface area (Å²) in [4.78, 5) is 4.24. The van der Waals surface area contributed by atoms with E-state index in [1.54, 1.807) is 0 Å². The quantitative estimate of drug-likeness (QED) is 0.849. The summed E-state index contributed by atoms with van der Waals surface area (Å²) in [5.41, 5.74) is 5.48. The molecule has 0 aliphatic carbocycles. The van der Waals surface area contributed by atoms with Crippen molar-refractivity contribution in [3.05, 3.63) is 17.8 Å². The van der Waals surface area contributed by atoms with Gasteiger partial charge in [-0.05, 0) is 19.8 Å². The molecule has 1 saturated heterocycles. The third-order valence-corrected chi connectivity index (χ3v) is 3.50. The zero-order chi connectivity index (χ0) is 11.7. The molecule has 0 bridgehead atoms. The van der Waals surface area contributed by atoms with Crippen molar-refractivity contribution in [2.45, 2.75) is 45.3 Å². The van der Waals surface area contributed by atoms with Crippen LogP contribution in [0.4, 0.5) is 0 Å². The molecule has 16 heavy (non-hydrogen) atoms. The predicted molar refractivity (Wildman–Crippen MR) is 61.2 cm³/mol. The molecule has 4 heteroatoms. The molecule has 0 radical (unpaired) electrons. The minimum atomic E-state index is 0.198. The number of nitrogens with two attached hydrogens (primary N) is 1. The van der Waals surface area contributed by atoms with Gasteiger partial charge in [0.15, 0.2) is 5.89 Å². The predicted octanol–water partition coefficient (Wildman–Crippen LogP) is 1.70. The van der Waals surface area contributed by atoms with E-state index in [0.29, 0.717) is 24.8 Å². The van der Waals surface area contributed by atoms with Gasteiger partial charge in [-0.1, -0.05) is 6.92 Å². The Morgan fingerprint density at radius 2 is 2.06 bits per heavy atom. The van der Waals surface area contributed by atoms with E-state index in [1.807, 2.05) is 6.20 Å². The van der Waals surface area contributed by atoms with Crippen molar-refractivity contribution >= 4 is 0 Å². The van der Waals surface area contributed by atoms with Crippen LogP contribution in [0.3, 0.4) is 0 Å². The fourth-order valence-corrected chi connectivity index (χ4v) is 2.47. The summed E-state index contributed by atoms with van der Waals surface area (Å²) in [5, 5.41) is 0. The maximum Gasteiger partial charge on any atom is 0.195 e. The minimum Gasteiger partial charge on any atom is -0.445 e. The first-order chi connectivity index (χ1) is 7.63. The van der Waals surface area contributed by atoms with E-state index in [0.717, 1.165) is 11.7 Å². The van der Waals surface area contributed by atoms with Crippen LogP contribution in [0.2, 0.25) is 0 Å². The van der Waals surface area contributed by atoms with Gasteiger partial charge in [-0.2, -0.15) is 0 Å². The number of ether oxygens (including phenoxy) is 1. The van der Waals surface area contributed by atoms with E-state index in [2.05, 4.69) is 25.8 Å². The van der Waals surface area contributed by atoms with Gasteiger partial charge >= 0.3 is 0 Å². The van der Waals surface area contributed by atoms with Gasteiger partial charge in [0.05, 0.1) is 18.4 Å². The first-order valence-corrected chi connectivity index (χ1v) is 5.93. The van der Waals surface area contributed by atoms with Crippen LogP contribution in [0.1, 0.15) is 38.3 Å². The number of hydrogen-bond acceptors (Lipinski definition) is 4. The lowest BCUT2D eigenvalue weighted by atomic mass is 9.88.